The average Bonchev–Trinajstić information content (AvgIpc) is 3.00. The molecule has 1 amide bonds. The van der Waals surface area contributed by atoms with Gasteiger partial charge in [-0.25, -0.2) is 0 Å². The molecular weight excluding hydrogens is 276 g/mol. The summed E-state index contributed by atoms with van der Waals surface area (Å²) >= 11 is 0. The smallest absolute Gasteiger partial charge is 0.253 e. The maximum absolute atomic E-state index is 12.6. The Labute approximate surface area is 132 Å². The summed E-state index contributed by atoms with van der Waals surface area (Å²) in [4.78, 5) is 18.9. The van der Waals surface area contributed by atoms with Crippen LogP contribution in [0.2, 0.25) is 0 Å². The highest BCUT2D eigenvalue weighted by atomic mass is 16.2. The van der Waals surface area contributed by atoms with Crippen LogP contribution in [-0.4, -0.2) is 41.5 Å². The molecule has 2 unspecified atom stereocenters. The molecule has 2 aliphatic heterocycles. The number of nitrogens with zero attached hydrogens (tertiary/aromatic N) is 2. The maximum Gasteiger partial charge on any atom is 0.253 e. The SMILES string of the molecule is CCc1cc(C(=O)N2CCC(C3NNCC3C)CC2)ccn1. The summed E-state index contributed by atoms with van der Waals surface area (Å²) in [5, 5.41) is 0. The van der Waals surface area contributed by atoms with Crippen molar-refractivity contribution in [2.24, 2.45) is 11.8 Å². The highest BCUT2D eigenvalue weighted by molar-refractivity contribution is 5.94. The number of nitrogens with one attached hydrogen (secondary N) is 2. The number of amides is 1. The van der Waals surface area contributed by atoms with Crippen molar-refractivity contribution in [3.63, 3.8) is 0 Å². The first-order valence-corrected chi connectivity index (χ1v) is 8.41. The lowest BCUT2D eigenvalue weighted by Gasteiger charge is -2.36. The summed E-state index contributed by atoms with van der Waals surface area (Å²) in [6.45, 7) is 7.11. The number of hydrazine groups is 1. The number of carbonyl (C=O) groups is 1. The second-order valence-electron chi connectivity index (χ2n) is 6.55. The molecule has 2 fully saturated rings. The Bertz CT molecular complexity index is 525. The van der Waals surface area contributed by atoms with E-state index in [2.05, 4.69) is 29.7 Å². The van der Waals surface area contributed by atoms with Crippen LogP contribution in [0.1, 0.15) is 42.7 Å². The second kappa shape index (κ2) is 6.75. The summed E-state index contributed by atoms with van der Waals surface area (Å²) in [6.07, 6.45) is 4.78. The van der Waals surface area contributed by atoms with Gasteiger partial charge in [0.05, 0.1) is 0 Å². The van der Waals surface area contributed by atoms with E-state index >= 15 is 0 Å². The van der Waals surface area contributed by atoms with Gasteiger partial charge in [0.2, 0.25) is 0 Å². The van der Waals surface area contributed by atoms with E-state index in [4.69, 9.17) is 0 Å². The molecule has 0 saturated carbocycles. The molecule has 2 atom stereocenters. The number of aromatic nitrogens is 1. The lowest BCUT2D eigenvalue weighted by molar-refractivity contribution is 0.0665. The fourth-order valence-electron chi connectivity index (χ4n) is 3.64. The van der Waals surface area contributed by atoms with Gasteiger partial charge in [-0.2, -0.15) is 0 Å². The predicted molar refractivity (Wildman–Crippen MR) is 86.3 cm³/mol. The van der Waals surface area contributed by atoms with Gasteiger partial charge in [0.15, 0.2) is 0 Å². The van der Waals surface area contributed by atoms with Gasteiger partial charge in [-0.15, -0.1) is 0 Å². The third-order valence-electron chi connectivity index (χ3n) is 5.07. The zero-order chi connectivity index (χ0) is 15.5. The summed E-state index contributed by atoms with van der Waals surface area (Å²) in [5.41, 5.74) is 8.42. The minimum absolute atomic E-state index is 0.154. The standard InChI is InChI=1S/C17H26N4O/c1-3-15-10-14(4-7-18-15)17(22)21-8-5-13(6-9-21)16-12(2)11-19-20-16/h4,7,10,12-13,16,19-20H,3,5-6,8-9,11H2,1-2H3. The van der Waals surface area contributed by atoms with Crippen LogP contribution in [0.15, 0.2) is 18.3 Å². The molecule has 22 heavy (non-hydrogen) atoms. The minimum Gasteiger partial charge on any atom is -0.339 e. The van der Waals surface area contributed by atoms with Crippen molar-refractivity contribution in [3.05, 3.63) is 29.6 Å². The van der Waals surface area contributed by atoms with E-state index in [9.17, 15) is 4.79 Å². The number of pyridine rings is 1. The molecule has 1 aromatic rings. The molecule has 3 rings (SSSR count). The van der Waals surface area contributed by atoms with E-state index in [-0.39, 0.29) is 5.91 Å². The molecule has 5 nitrogen and oxygen atoms in total. The largest absolute Gasteiger partial charge is 0.339 e. The number of carbonyl (C=O) groups excluding carboxylic acids is 1. The van der Waals surface area contributed by atoms with Crippen LogP contribution in [0.4, 0.5) is 0 Å². The molecule has 0 radical (unpaired) electrons. The Morgan fingerprint density at radius 1 is 1.41 bits per heavy atom. The Morgan fingerprint density at radius 2 is 2.18 bits per heavy atom. The number of rotatable bonds is 3. The summed E-state index contributed by atoms with van der Waals surface area (Å²) < 4.78 is 0. The summed E-state index contributed by atoms with van der Waals surface area (Å²) in [6, 6.07) is 4.31. The normalized spacial score (nSPS) is 26.4. The molecule has 2 aliphatic rings. The monoisotopic (exact) mass is 302 g/mol. The van der Waals surface area contributed by atoms with Crippen LogP contribution in [0, 0.1) is 11.8 Å². The van der Waals surface area contributed by atoms with Gasteiger partial charge < -0.3 is 4.90 Å². The van der Waals surface area contributed by atoms with Gasteiger partial charge in [0, 0.05) is 43.1 Å². The van der Waals surface area contributed by atoms with Crippen molar-refractivity contribution < 1.29 is 4.79 Å². The fourth-order valence-corrected chi connectivity index (χ4v) is 3.64. The van der Waals surface area contributed by atoms with Crippen LogP contribution >= 0.6 is 0 Å². The highest BCUT2D eigenvalue weighted by Crippen LogP contribution is 2.27. The molecule has 2 saturated heterocycles. The van der Waals surface area contributed by atoms with Gasteiger partial charge in [-0.1, -0.05) is 13.8 Å². The molecule has 0 aromatic carbocycles. The van der Waals surface area contributed by atoms with E-state index in [0.717, 1.165) is 50.2 Å². The highest BCUT2D eigenvalue weighted by Gasteiger charge is 2.34. The van der Waals surface area contributed by atoms with E-state index < -0.39 is 0 Å². The van der Waals surface area contributed by atoms with E-state index in [1.54, 1.807) is 6.20 Å². The number of hydrogen-bond donors (Lipinski definition) is 2. The summed E-state index contributed by atoms with van der Waals surface area (Å²) in [7, 11) is 0. The first-order chi connectivity index (χ1) is 10.7. The van der Waals surface area contributed by atoms with Crippen molar-refractivity contribution in [2.75, 3.05) is 19.6 Å². The van der Waals surface area contributed by atoms with Crippen LogP contribution in [0.25, 0.3) is 0 Å². The van der Waals surface area contributed by atoms with Crippen LogP contribution < -0.4 is 10.9 Å². The predicted octanol–water partition coefficient (Wildman–Crippen LogP) is 1.61. The molecule has 3 heterocycles. The lowest BCUT2D eigenvalue weighted by Crippen LogP contribution is -2.45. The molecular formula is C17H26N4O. The van der Waals surface area contributed by atoms with Crippen LogP contribution in [0.3, 0.4) is 0 Å². The van der Waals surface area contributed by atoms with Gasteiger partial charge in [0.1, 0.15) is 0 Å². The fraction of sp³-hybridized carbons (Fsp3) is 0.647. The topological polar surface area (TPSA) is 57.3 Å². The van der Waals surface area contributed by atoms with Gasteiger partial charge in [-0.3, -0.25) is 20.6 Å². The Kier molecular flexibility index (Phi) is 4.74. The van der Waals surface area contributed by atoms with Crippen LogP contribution in [0.5, 0.6) is 0 Å². The van der Waals surface area contributed by atoms with Crippen LogP contribution in [-0.2, 0) is 6.42 Å². The second-order valence-corrected chi connectivity index (χ2v) is 6.55. The van der Waals surface area contributed by atoms with E-state index in [1.807, 2.05) is 17.0 Å². The molecule has 0 aliphatic carbocycles. The molecule has 1 aromatic heterocycles. The Balaban J connectivity index is 1.59. The van der Waals surface area contributed by atoms with Gasteiger partial charge in [-0.05, 0) is 43.2 Å². The molecule has 0 bridgehead atoms. The van der Waals surface area contributed by atoms with Crippen molar-refractivity contribution in [2.45, 2.75) is 39.2 Å². The third kappa shape index (κ3) is 3.15. The zero-order valence-corrected chi connectivity index (χ0v) is 13.5. The Morgan fingerprint density at radius 3 is 2.82 bits per heavy atom. The number of likely N-dealkylation sites (tertiary alicyclic amines) is 1. The lowest BCUT2D eigenvalue weighted by atomic mass is 9.84. The van der Waals surface area contributed by atoms with Gasteiger partial charge >= 0.3 is 0 Å². The van der Waals surface area contributed by atoms with Gasteiger partial charge in [0.25, 0.3) is 5.91 Å². The number of aryl methyl sites for hydroxylation is 1. The number of hydrogen-bond acceptors (Lipinski definition) is 4. The Hall–Kier alpha value is -1.46. The first kappa shape index (κ1) is 15.4. The van der Waals surface area contributed by atoms with Crippen molar-refractivity contribution >= 4 is 5.91 Å². The van der Waals surface area contributed by atoms with Crippen molar-refractivity contribution in [1.29, 1.82) is 0 Å². The summed E-state index contributed by atoms with van der Waals surface area (Å²) in [5.74, 6) is 1.48. The maximum atomic E-state index is 12.6. The molecule has 120 valence electrons. The molecule has 0 spiro atoms. The first-order valence-electron chi connectivity index (χ1n) is 8.41. The quantitative estimate of drug-likeness (QED) is 0.890. The number of piperidine rings is 1. The minimum atomic E-state index is 0.154. The third-order valence-corrected chi connectivity index (χ3v) is 5.07. The molecule has 5 heteroatoms. The average molecular weight is 302 g/mol. The van der Waals surface area contributed by atoms with Crippen molar-refractivity contribution in [3.8, 4) is 0 Å². The molecule has 2 N–H and O–H groups in total. The van der Waals surface area contributed by atoms with E-state index in [0.29, 0.717) is 17.9 Å². The van der Waals surface area contributed by atoms with E-state index in [1.165, 1.54) is 0 Å². The van der Waals surface area contributed by atoms with Crippen molar-refractivity contribution in [1.82, 2.24) is 20.7 Å². The zero-order valence-electron chi connectivity index (χ0n) is 13.5.